The summed E-state index contributed by atoms with van der Waals surface area (Å²) in [5, 5.41) is 5.58. The first kappa shape index (κ1) is 26.3. The summed E-state index contributed by atoms with van der Waals surface area (Å²) in [6.45, 7) is 3.83. The first-order valence-electron chi connectivity index (χ1n) is 13.3. The Morgan fingerprint density at radius 3 is 2.16 bits per heavy atom. The van der Waals surface area contributed by atoms with Crippen LogP contribution in [0.3, 0.4) is 0 Å². The molecular formula is C31H35N3O3S. The van der Waals surface area contributed by atoms with Crippen molar-refractivity contribution in [2.45, 2.75) is 30.2 Å². The summed E-state index contributed by atoms with van der Waals surface area (Å²) in [6, 6.07) is 25.2. The lowest BCUT2D eigenvalue weighted by Gasteiger charge is -2.32. The molecule has 38 heavy (non-hydrogen) atoms. The highest BCUT2D eigenvalue weighted by molar-refractivity contribution is 7.98. The molecule has 1 fully saturated rings. The fourth-order valence-corrected chi connectivity index (χ4v) is 5.87. The second kappa shape index (κ2) is 12.5. The van der Waals surface area contributed by atoms with E-state index in [1.54, 1.807) is 11.8 Å². The second-order valence-corrected chi connectivity index (χ2v) is 10.9. The number of alkyl carbamates (subject to hydrolysis) is 1. The predicted octanol–water partition coefficient (Wildman–Crippen LogP) is 5.28. The van der Waals surface area contributed by atoms with E-state index in [0.29, 0.717) is 12.5 Å². The van der Waals surface area contributed by atoms with Crippen molar-refractivity contribution in [2.24, 2.45) is 5.92 Å². The number of amides is 2. The third-order valence-electron chi connectivity index (χ3n) is 7.60. The van der Waals surface area contributed by atoms with Crippen LogP contribution in [0.2, 0.25) is 0 Å². The quantitative estimate of drug-likeness (QED) is 0.369. The molecule has 2 amide bonds. The molecule has 2 N–H and O–H groups in total. The summed E-state index contributed by atoms with van der Waals surface area (Å²) >= 11 is 1.76. The van der Waals surface area contributed by atoms with Gasteiger partial charge in [-0.25, -0.2) is 4.79 Å². The van der Waals surface area contributed by atoms with Gasteiger partial charge >= 0.3 is 6.09 Å². The Hall–Kier alpha value is -3.29. The van der Waals surface area contributed by atoms with Gasteiger partial charge in [-0.2, -0.15) is 0 Å². The zero-order valence-electron chi connectivity index (χ0n) is 21.8. The minimum Gasteiger partial charge on any atom is -0.449 e. The van der Waals surface area contributed by atoms with E-state index in [2.05, 4.69) is 70.3 Å². The summed E-state index contributed by atoms with van der Waals surface area (Å²) in [5.41, 5.74) is 6.05. The molecule has 3 aromatic carbocycles. The van der Waals surface area contributed by atoms with Gasteiger partial charge in [0.05, 0.1) is 6.54 Å². The first-order chi connectivity index (χ1) is 18.6. The normalized spacial score (nSPS) is 15.5. The van der Waals surface area contributed by atoms with Crippen LogP contribution in [-0.2, 0) is 16.1 Å². The molecule has 0 aromatic heterocycles. The summed E-state index contributed by atoms with van der Waals surface area (Å²) in [5.74, 6) is 0.279. The van der Waals surface area contributed by atoms with Crippen LogP contribution in [0.4, 0.5) is 4.79 Å². The highest BCUT2D eigenvalue weighted by atomic mass is 32.2. The second-order valence-electron chi connectivity index (χ2n) is 10.1. The van der Waals surface area contributed by atoms with Crippen molar-refractivity contribution in [3.63, 3.8) is 0 Å². The number of ether oxygens (including phenoxy) is 1. The van der Waals surface area contributed by atoms with Crippen LogP contribution in [0, 0.1) is 5.92 Å². The summed E-state index contributed by atoms with van der Waals surface area (Å²) in [7, 11) is 0. The molecule has 1 aliphatic carbocycles. The average Bonchev–Trinajstić information content (AvgIpc) is 3.28. The van der Waals surface area contributed by atoms with E-state index in [1.807, 2.05) is 24.3 Å². The number of carbonyl (C=O) groups excluding carboxylic acids is 2. The van der Waals surface area contributed by atoms with Gasteiger partial charge in [-0.15, -0.1) is 11.8 Å². The topological polar surface area (TPSA) is 70.7 Å². The number of piperidine rings is 1. The smallest absolute Gasteiger partial charge is 0.407 e. The van der Waals surface area contributed by atoms with Gasteiger partial charge in [0.2, 0.25) is 5.91 Å². The van der Waals surface area contributed by atoms with Gasteiger partial charge in [0.25, 0.3) is 0 Å². The predicted molar refractivity (Wildman–Crippen MR) is 152 cm³/mol. The summed E-state index contributed by atoms with van der Waals surface area (Å²) in [6.07, 6.45) is 3.64. The summed E-state index contributed by atoms with van der Waals surface area (Å²) < 4.78 is 5.52. The lowest BCUT2D eigenvalue weighted by Crippen LogP contribution is -2.42. The standard InChI is InChI=1S/C31H35N3O3S/c1-38-24-12-10-23(11-13-24)20-34-16-14-22(15-17-34)18-32-30(35)19-33-31(36)37-21-29-27-8-4-2-6-25(27)26-7-3-5-9-28(26)29/h2-13,22,29H,14-21H2,1H3,(H,32,35)(H,33,36). The van der Waals surface area contributed by atoms with Crippen molar-refractivity contribution >= 4 is 23.8 Å². The number of fused-ring (bicyclic) bond motifs is 3. The molecule has 0 unspecified atom stereocenters. The summed E-state index contributed by atoms with van der Waals surface area (Å²) in [4.78, 5) is 28.4. The largest absolute Gasteiger partial charge is 0.449 e. The molecule has 0 radical (unpaired) electrons. The van der Waals surface area contributed by atoms with Crippen LogP contribution >= 0.6 is 11.8 Å². The van der Waals surface area contributed by atoms with Gasteiger partial charge < -0.3 is 15.4 Å². The Kier molecular flexibility index (Phi) is 8.66. The number of thioether (sulfide) groups is 1. The third-order valence-corrected chi connectivity index (χ3v) is 8.34. The number of nitrogens with one attached hydrogen (secondary N) is 2. The van der Waals surface area contributed by atoms with Crippen molar-refractivity contribution in [3.8, 4) is 11.1 Å². The lowest BCUT2D eigenvalue weighted by atomic mass is 9.96. The molecule has 1 saturated heterocycles. The van der Waals surface area contributed by atoms with E-state index in [-0.39, 0.29) is 25.0 Å². The number of likely N-dealkylation sites (tertiary alicyclic amines) is 1. The van der Waals surface area contributed by atoms with E-state index in [4.69, 9.17) is 4.74 Å². The first-order valence-corrected chi connectivity index (χ1v) is 14.5. The molecule has 7 heteroatoms. The molecule has 1 heterocycles. The molecule has 3 aromatic rings. The lowest BCUT2D eigenvalue weighted by molar-refractivity contribution is -0.120. The maximum Gasteiger partial charge on any atom is 0.407 e. The SMILES string of the molecule is CSc1ccc(CN2CCC(CNC(=O)CNC(=O)OCC3c4ccccc4-c4ccccc43)CC2)cc1. The molecule has 0 saturated carbocycles. The Labute approximate surface area is 229 Å². The van der Waals surface area contributed by atoms with Crippen molar-refractivity contribution in [1.29, 1.82) is 0 Å². The minimum atomic E-state index is -0.569. The van der Waals surface area contributed by atoms with Crippen molar-refractivity contribution < 1.29 is 14.3 Å². The third kappa shape index (κ3) is 6.40. The number of hydrogen-bond acceptors (Lipinski definition) is 5. The van der Waals surface area contributed by atoms with E-state index in [1.165, 1.54) is 32.7 Å². The maximum atomic E-state index is 12.3. The molecule has 5 rings (SSSR count). The number of hydrogen-bond donors (Lipinski definition) is 2. The molecule has 198 valence electrons. The molecule has 0 atom stereocenters. The van der Waals surface area contributed by atoms with Crippen LogP contribution in [0.25, 0.3) is 11.1 Å². The van der Waals surface area contributed by atoms with E-state index < -0.39 is 6.09 Å². The van der Waals surface area contributed by atoms with Crippen LogP contribution < -0.4 is 10.6 Å². The van der Waals surface area contributed by atoms with Gasteiger partial charge in [-0.05, 0) is 78.1 Å². The Morgan fingerprint density at radius 2 is 1.53 bits per heavy atom. The van der Waals surface area contributed by atoms with Gasteiger partial charge in [-0.3, -0.25) is 9.69 Å². The van der Waals surface area contributed by atoms with Crippen molar-refractivity contribution in [2.75, 3.05) is 39.0 Å². The molecule has 6 nitrogen and oxygen atoms in total. The van der Waals surface area contributed by atoms with Crippen LogP contribution in [0.15, 0.2) is 77.7 Å². The fourth-order valence-electron chi connectivity index (χ4n) is 5.46. The number of benzene rings is 3. The van der Waals surface area contributed by atoms with Crippen LogP contribution in [0.1, 0.15) is 35.4 Å². The van der Waals surface area contributed by atoms with Gasteiger partial charge in [0, 0.05) is 23.9 Å². The zero-order valence-corrected chi connectivity index (χ0v) is 22.6. The molecule has 1 aliphatic heterocycles. The van der Waals surface area contributed by atoms with E-state index >= 15 is 0 Å². The number of carbonyl (C=O) groups is 2. The van der Waals surface area contributed by atoms with Gasteiger partial charge in [0.1, 0.15) is 6.61 Å². The molecule has 2 aliphatic rings. The van der Waals surface area contributed by atoms with Crippen molar-refractivity contribution in [3.05, 3.63) is 89.5 Å². The highest BCUT2D eigenvalue weighted by Gasteiger charge is 2.29. The molecule has 0 bridgehead atoms. The van der Waals surface area contributed by atoms with Gasteiger partial charge in [-0.1, -0.05) is 60.7 Å². The highest BCUT2D eigenvalue weighted by Crippen LogP contribution is 2.44. The minimum absolute atomic E-state index is 0.00236. The van der Waals surface area contributed by atoms with Crippen molar-refractivity contribution in [1.82, 2.24) is 15.5 Å². The van der Waals surface area contributed by atoms with Crippen LogP contribution in [-0.4, -0.2) is 55.9 Å². The number of nitrogens with zero attached hydrogens (tertiary/aromatic N) is 1. The number of rotatable bonds is 9. The van der Waals surface area contributed by atoms with Crippen LogP contribution in [0.5, 0.6) is 0 Å². The molecule has 0 spiro atoms. The zero-order chi connectivity index (χ0) is 26.3. The Balaban J connectivity index is 0.994. The Bertz CT molecular complexity index is 1210. The van der Waals surface area contributed by atoms with E-state index in [9.17, 15) is 9.59 Å². The average molecular weight is 530 g/mol. The Morgan fingerprint density at radius 1 is 0.895 bits per heavy atom. The molecular weight excluding hydrogens is 494 g/mol. The van der Waals surface area contributed by atoms with E-state index in [0.717, 1.165) is 32.5 Å². The fraction of sp³-hybridized carbons (Fsp3) is 0.355. The monoisotopic (exact) mass is 529 g/mol. The van der Waals surface area contributed by atoms with Gasteiger partial charge in [0.15, 0.2) is 0 Å². The maximum absolute atomic E-state index is 12.3.